The SMILES string of the molecule is COC(=O)c1ccc(C)c(OCc2nc(-c3cccc(Cl)c3)no2)c1. The molecule has 0 saturated heterocycles. The maximum absolute atomic E-state index is 11.6. The van der Waals surface area contributed by atoms with E-state index < -0.39 is 5.97 Å². The molecule has 3 aromatic rings. The van der Waals surface area contributed by atoms with Crippen LogP contribution in [0.15, 0.2) is 47.0 Å². The first kappa shape index (κ1) is 17.0. The molecular weight excluding hydrogens is 344 g/mol. The topological polar surface area (TPSA) is 74.5 Å². The summed E-state index contributed by atoms with van der Waals surface area (Å²) in [6.07, 6.45) is 0. The molecule has 3 rings (SSSR count). The summed E-state index contributed by atoms with van der Waals surface area (Å²) in [5, 5.41) is 4.52. The number of rotatable bonds is 5. The lowest BCUT2D eigenvalue weighted by atomic mass is 10.1. The van der Waals surface area contributed by atoms with Gasteiger partial charge in [0.05, 0.1) is 12.7 Å². The Hall–Kier alpha value is -2.86. The molecule has 6 nitrogen and oxygen atoms in total. The minimum absolute atomic E-state index is 0.0824. The number of aromatic nitrogens is 2. The minimum Gasteiger partial charge on any atom is -0.483 e. The van der Waals surface area contributed by atoms with E-state index >= 15 is 0 Å². The first-order chi connectivity index (χ1) is 12.1. The second-order valence-electron chi connectivity index (χ2n) is 5.28. The summed E-state index contributed by atoms with van der Waals surface area (Å²) in [7, 11) is 1.33. The van der Waals surface area contributed by atoms with Crippen molar-refractivity contribution in [1.29, 1.82) is 0 Å². The summed E-state index contributed by atoms with van der Waals surface area (Å²) in [6.45, 7) is 1.96. The van der Waals surface area contributed by atoms with E-state index in [0.717, 1.165) is 11.1 Å². The number of nitrogens with zero attached hydrogens (tertiary/aromatic N) is 2. The molecule has 128 valence electrons. The lowest BCUT2D eigenvalue weighted by Gasteiger charge is -2.08. The average Bonchev–Trinajstić information content (AvgIpc) is 3.09. The third-order valence-electron chi connectivity index (χ3n) is 3.51. The van der Waals surface area contributed by atoms with Crippen LogP contribution in [0.4, 0.5) is 0 Å². The monoisotopic (exact) mass is 358 g/mol. The van der Waals surface area contributed by atoms with E-state index in [2.05, 4.69) is 10.1 Å². The second-order valence-corrected chi connectivity index (χ2v) is 5.72. The smallest absolute Gasteiger partial charge is 0.337 e. The average molecular weight is 359 g/mol. The molecule has 2 aromatic carbocycles. The zero-order valence-corrected chi connectivity index (χ0v) is 14.4. The molecule has 0 aliphatic carbocycles. The fourth-order valence-electron chi connectivity index (χ4n) is 2.20. The summed E-state index contributed by atoms with van der Waals surface area (Å²) in [5.74, 6) is 0.871. The highest BCUT2D eigenvalue weighted by Crippen LogP contribution is 2.23. The number of aryl methyl sites for hydroxylation is 1. The van der Waals surface area contributed by atoms with Crippen LogP contribution in [0.2, 0.25) is 5.02 Å². The van der Waals surface area contributed by atoms with E-state index in [1.165, 1.54) is 7.11 Å². The van der Waals surface area contributed by atoms with Crippen LogP contribution < -0.4 is 4.74 Å². The number of carbonyl (C=O) groups is 1. The molecule has 0 atom stereocenters. The molecule has 0 spiro atoms. The highest BCUT2D eigenvalue weighted by atomic mass is 35.5. The van der Waals surface area contributed by atoms with Crippen LogP contribution in [-0.4, -0.2) is 23.2 Å². The van der Waals surface area contributed by atoms with E-state index in [1.807, 2.05) is 19.1 Å². The number of benzene rings is 2. The summed E-state index contributed by atoms with van der Waals surface area (Å²) in [5.41, 5.74) is 2.04. The highest BCUT2D eigenvalue weighted by Gasteiger charge is 2.12. The molecule has 0 unspecified atom stereocenters. The predicted molar refractivity (Wildman–Crippen MR) is 91.6 cm³/mol. The maximum Gasteiger partial charge on any atom is 0.337 e. The highest BCUT2D eigenvalue weighted by molar-refractivity contribution is 6.30. The van der Waals surface area contributed by atoms with Crippen molar-refractivity contribution in [2.75, 3.05) is 7.11 Å². The molecule has 7 heteroatoms. The van der Waals surface area contributed by atoms with E-state index in [0.29, 0.717) is 28.1 Å². The maximum atomic E-state index is 11.6. The molecule has 0 radical (unpaired) electrons. The van der Waals surface area contributed by atoms with Gasteiger partial charge in [0.2, 0.25) is 5.82 Å². The molecule has 0 saturated carbocycles. The lowest BCUT2D eigenvalue weighted by molar-refractivity contribution is 0.0600. The molecule has 0 fully saturated rings. The largest absolute Gasteiger partial charge is 0.483 e. The Labute approximate surface area is 149 Å². The molecule has 0 aliphatic rings. The molecule has 1 heterocycles. The van der Waals surface area contributed by atoms with Crippen LogP contribution in [0.5, 0.6) is 5.75 Å². The van der Waals surface area contributed by atoms with Crippen molar-refractivity contribution < 1.29 is 18.8 Å². The molecule has 25 heavy (non-hydrogen) atoms. The van der Waals surface area contributed by atoms with E-state index in [-0.39, 0.29) is 6.61 Å². The zero-order valence-electron chi connectivity index (χ0n) is 13.7. The van der Waals surface area contributed by atoms with E-state index in [1.54, 1.807) is 30.3 Å². The number of carbonyl (C=O) groups excluding carboxylic acids is 1. The Balaban J connectivity index is 1.73. The Morgan fingerprint density at radius 2 is 2.08 bits per heavy atom. The van der Waals surface area contributed by atoms with Crippen molar-refractivity contribution in [1.82, 2.24) is 10.1 Å². The normalized spacial score (nSPS) is 10.5. The van der Waals surface area contributed by atoms with Gasteiger partial charge in [-0.1, -0.05) is 35.0 Å². The third-order valence-corrected chi connectivity index (χ3v) is 3.75. The van der Waals surface area contributed by atoms with E-state index in [9.17, 15) is 4.79 Å². The first-order valence-corrected chi connectivity index (χ1v) is 7.85. The van der Waals surface area contributed by atoms with Gasteiger partial charge >= 0.3 is 5.97 Å². The molecule has 0 bridgehead atoms. The van der Waals surface area contributed by atoms with Crippen molar-refractivity contribution in [3.8, 4) is 17.1 Å². The van der Waals surface area contributed by atoms with E-state index in [4.69, 9.17) is 25.6 Å². The number of ether oxygens (including phenoxy) is 2. The van der Waals surface area contributed by atoms with Crippen LogP contribution in [0, 0.1) is 6.92 Å². The van der Waals surface area contributed by atoms with Crippen LogP contribution in [0.25, 0.3) is 11.4 Å². The predicted octanol–water partition coefficient (Wildman–Crippen LogP) is 4.06. The van der Waals surface area contributed by atoms with Crippen LogP contribution in [0.1, 0.15) is 21.8 Å². The van der Waals surface area contributed by atoms with Gasteiger partial charge in [0.25, 0.3) is 5.89 Å². The molecule has 0 aliphatic heterocycles. The molecule has 0 N–H and O–H groups in total. The van der Waals surface area contributed by atoms with Crippen molar-refractivity contribution in [2.24, 2.45) is 0 Å². The van der Waals surface area contributed by atoms with Gasteiger partial charge in [0, 0.05) is 10.6 Å². The standard InChI is InChI=1S/C18H15ClN2O4/c1-11-6-7-13(18(22)23-2)9-15(11)24-10-16-20-17(21-25-16)12-4-3-5-14(19)8-12/h3-9H,10H2,1-2H3. The fourth-order valence-corrected chi connectivity index (χ4v) is 2.39. The van der Waals surface area contributed by atoms with Gasteiger partial charge in [-0.05, 0) is 36.8 Å². The number of hydrogen-bond acceptors (Lipinski definition) is 6. The zero-order chi connectivity index (χ0) is 17.8. The molecule has 1 aromatic heterocycles. The summed E-state index contributed by atoms with van der Waals surface area (Å²) >= 11 is 5.96. The van der Waals surface area contributed by atoms with Gasteiger partial charge in [-0.15, -0.1) is 0 Å². The fraction of sp³-hybridized carbons (Fsp3) is 0.167. The van der Waals surface area contributed by atoms with Gasteiger partial charge < -0.3 is 14.0 Å². The van der Waals surface area contributed by atoms with Gasteiger partial charge in [0.1, 0.15) is 5.75 Å². The molecule has 0 amide bonds. The number of methoxy groups -OCH3 is 1. The number of esters is 1. The number of halogens is 1. The summed E-state index contributed by atoms with van der Waals surface area (Å²) < 4.78 is 15.6. The number of hydrogen-bond donors (Lipinski definition) is 0. The molecular formula is C18H15ClN2O4. The van der Waals surface area contributed by atoms with Crippen molar-refractivity contribution >= 4 is 17.6 Å². The Bertz CT molecular complexity index is 908. The summed E-state index contributed by atoms with van der Waals surface area (Å²) in [6, 6.07) is 12.3. The van der Waals surface area contributed by atoms with Crippen LogP contribution in [0.3, 0.4) is 0 Å². The van der Waals surface area contributed by atoms with Crippen molar-refractivity contribution in [3.05, 3.63) is 64.5 Å². The summed E-state index contributed by atoms with van der Waals surface area (Å²) in [4.78, 5) is 15.9. The van der Waals surface area contributed by atoms with Gasteiger partial charge in [0.15, 0.2) is 6.61 Å². The quantitative estimate of drug-likeness (QED) is 0.640. The lowest BCUT2D eigenvalue weighted by Crippen LogP contribution is -2.03. The Kier molecular flexibility index (Phi) is 5.00. The minimum atomic E-state index is -0.425. The first-order valence-electron chi connectivity index (χ1n) is 7.47. The van der Waals surface area contributed by atoms with Crippen LogP contribution >= 0.6 is 11.6 Å². The Morgan fingerprint density at radius 3 is 2.84 bits per heavy atom. The second kappa shape index (κ2) is 7.36. The van der Waals surface area contributed by atoms with Crippen LogP contribution in [-0.2, 0) is 11.3 Å². The Morgan fingerprint density at radius 1 is 1.24 bits per heavy atom. The third kappa shape index (κ3) is 3.97. The van der Waals surface area contributed by atoms with Gasteiger partial charge in [-0.3, -0.25) is 0 Å². The van der Waals surface area contributed by atoms with Gasteiger partial charge in [-0.25, -0.2) is 4.79 Å². The van der Waals surface area contributed by atoms with Crippen molar-refractivity contribution in [3.63, 3.8) is 0 Å². The van der Waals surface area contributed by atoms with Gasteiger partial charge in [-0.2, -0.15) is 4.98 Å². The van der Waals surface area contributed by atoms with Crippen molar-refractivity contribution in [2.45, 2.75) is 13.5 Å².